The monoisotopic (exact) mass is 315 g/mol. The fraction of sp³-hybridized carbons (Fsp3) is 0.462. The molecule has 18 heavy (non-hydrogen) atoms. The van der Waals surface area contributed by atoms with Crippen molar-refractivity contribution in [1.82, 2.24) is 5.32 Å². The van der Waals surface area contributed by atoms with Crippen molar-refractivity contribution in [3.63, 3.8) is 0 Å². The van der Waals surface area contributed by atoms with Gasteiger partial charge in [-0.1, -0.05) is 12.1 Å². The molecule has 0 spiro atoms. The van der Waals surface area contributed by atoms with E-state index in [1.807, 2.05) is 25.1 Å². The van der Waals surface area contributed by atoms with Gasteiger partial charge in [-0.2, -0.15) is 0 Å². The summed E-state index contributed by atoms with van der Waals surface area (Å²) in [5, 5.41) is 2.84. The van der Waals surface area contributed by atoms with Crippen LogP contribution in [0.5, 0.6) is 0 Å². The topological polar surface area (TPSA) is 47.6 Å². The second-order valence-corrected chi connectivity index (χ2v) is 5.10. The van der Waals surface area contributed by atoms with Gasteiger partial charge >= 0.3 is 0 Å². The van der Waals surface area contributed by atoms with E-state index in [-0.39, 0.29) is 5.91 Å². The lowest BCUT2D eigenvalue weighted by atomic mass is 10.1. The number of benzene rings is 1. The lowest BCUT2D eigenvalue weighted by molar-refractivity contribution is -0.0479. The molecule has 0 heterocycles. The van der Waals surface area contributed by atoms with E-state index in [2.05, 4.69) is 21.2 Å². The number of nitrogens with one attached hydrogen (secondary N) is 1. The maximum Gasteiger partial charge on any atom is 0.252 e. The number of carbonyl (C=O) groups is 1. The number of amides is 1. The maximum absolute atomic E-state index is 12.0. The molecule has 100 valence electrons. The van der Waals surface area contributed by atoms with Crippen molar-refractivity contribution in [2.45, 2.75) is 12.5 Å². The quantitative estimate of drug-likeness (QED) is 0.875. The molecule has 4 nitrogen and oxygen atoms in total. The molecule has 0 saturated heterocycles. The first kappa shape index (κ1) is 15.1. The number of hydrogen-bond acceptors (Lipinski definition) is 3. The molecule has 0 unspecified atom stereocenters. The first-order valence-corrected chi connectivity index (χ1v) is 6.38. The highest BCUT2D eigenvalue weighted by atomic mass is 79.9. The van der Waals surface area contributed by atoms with Crippen LogP contribution in [0.2, 0.25) is 0 Å². The van der Waals surface area contributed by atoms with Gasteiger partial charge in [-0.05, 0) is 35.0 Å². The fourth-order valence-corrected chi connectivity index (χ4v) is 1.96. The minimum Gasteiger partial charge on any atom is -0.382 e. The van der Waals surface area contributed by atoms with Gasteiger partial charge in [0, 0.05) is 25.2 Å². The third-order valence-electron chi connectivity index (χ3n) is 2.68. The minimum atomic E-state index is -0.522. The smallest absolute Gasteiger partial charge is 0.252 e. The standard InChI is InChI=1S/C13H18BrNO3/c1-13(18-3,9-17-2)8-15-12(16)10-6-4-5-7-11(10)14/h4-7H,8-9H2,1-3H3,(H,15,16)/t13-/m1/s1. The molecule has 0 aromatic heterocycles. The number of rotatable bonds is 6. The van der Waals surface area contributed by atoms with Gasteiger partial charge in [-0.15, -0.1) is 0 Å². The van der Waals surface area contributed by atoms with Crippen LogP contribution < -0.4 is 5.32 Å². The highest BCUT2D eigenvalue weighted by Crippen LogP contribution is 2.16. The molecule has 0 aliphatic rings. The van der Waals surface area contributed by atoms with E-state index in [4.69, 9.17) is 9.47 Å². The van der Waals surface area contributed by atoms with Crippen LogP contribution in [-0.2, 0) is 9.47 Å². The first-order valence-electron chi connectivity index (χ1n) is 5.59. The molecule has 5 heteroatoms. The number of halogens is 1. The zero-order valence-corrected chi connectivity index (χ0v) is 12.4. The summed E-state index contributed by atoms with van der Waals surface area (Å²) in [5.74, 6) is -0.137. The van der Waals surface area contributed by atoms with Crippen molar-refractivity contribution in [2.24, 2.45) is 0 Å². The van der Waals surface area contributed by atoms with Gasteiger partial charge in [0.15, 0.2) is 0 Å². The molecule has 0 fully saturated rings. The Morgan fingerprint density at radius 1 is 1.39 bits per heavy atom. The van der Waals surface area contributed by atoms with E-state index in [1.165, 1.54) is 0 Å². The average Bonchev–Trinajstić information content (AvgIpc) is 2.37. The Bertz CT molecular complexity index is 411. The Hall–Kier alpha value is -0.910. The normalized spacial score (nSPS) is 14.0. The summed E-state index contributed by atoms with van der Waals surface area (Å²) in [6.07, 6.45) is 0. The van der Waals surface area contributed by atoms with E-state index in [0.717, 1.165) is 4.47 Å². The Labute approximate surface area is 116 Å². The van der Waals surface area contributed by atoms with Crippen molar-refractivity contribution >= 4 is 21.8 Å². The SMILES string of the molecule is COC[C@@](C)(CNC(=O)c1ccccc1Br)OC. The molecule has 0 aliphatic heterocycles. The van der Waals surface area contributed by atoms with Gasteiger partial charge in [-0.3, -0.25) is 4.79 Å². The minimum absolute atomic E-state index is 0.137. The maximum atomic E-state index is 12.0. The van der Waals surface area contributed by atoms with E-state index in [1.54, 1.807) is 20.3 Å². The summed E-state index contributed by atoms with van der Waals surface area (Å²) in [4.78, 5) is 12.0. The van der Waals surface area contributed by atoms with Gasteiger partial charge in [0.25, 0.3) is 5.91 Å². The molecule has 0 saturated carbocycles. The Morgan fingerprint density at radius 2 is 2.06 bits per heavy atom. The van der Waals surface area contributed by atoms with Crippen LogP contribution in [-0.4, -0.2) is 38.9 Å². The van der Waals surface area contributed by atoms with Crippen LogP contribution in [0.25, 0.3) is 0 Å². The molecule has 0 bridgehead atoms. The van der Waals surface area contributed by atoms with Crippen molar-refractivity contribution in [2.75, 3.05) is 27.4 Å². The van der Waals surface area contributed by atoms with Gasteiger partial charge in [0.2, 0.25) is 0 Å². The summed E-state index contributed by atoms with van der Waals surface area (Å²) < 4.78 is 11.2. The Morgan fingerprint density at radius 3 is 2.61 bits per heavy atom. The van der Waals surface area contributed by atoms with E-state index in [0.29, 0.717) is 18.7 Å². The largest absolute Gasteiger partial charge is 0.382 e. The molecule has 1 aromatic rings. The van der Waals surface area contributed by atoms with Gasteiger partial charge in [-0.25, -0.2) is 0 Å². The predicted molar refractivity (Wildman–Crippen MR) is 73.8 cm³/mol. The molecular formula is C13H18BrNO3. The van der Waals surface area contributed by atoms with Crippen molar-refractivity contribution < 1.29 is 14.3 Å². The van der Waals surface area contributed by atoms with Crippen molar-refractivity contribution in [1.29, 1.82) is 0 Å². The van der Waals surface area contributed by atoms with E-state index in [9.17, 15) is 4.79 Å². The average molecular weight is 316 g/mol. The van der Waals surface area contributed by atoms with Crippen LogP contribution in [0.15, 0.2) is 28.7 Å². The Balaban J connectivity index is 2.64. The lowest BCUT2D eigenvalue weighted by Crippen LogP contribution is -2.45. The molecule has 0 aliphatic carbocycles. The fourth-order valence-electron chi connectivity index (χ4n) is 1.50. The van der Waals surface area contributed by atoms with Crippen molar-refractivity contribution in [3.8, 4) is 0 Å². The van der Waals surface area contributed by atoms with E-state index >= 15 is 0 Å². The van der Waals surface area contributed by atoms with Gasteiger partial charge in [0.1, 0.15) is 5.60 Å². The molecule has 1 rings (SSSR count). The Kier molecular flexibility index (Phi) is 5.78. The van der Waals surface area contributed by atoms with Crippen LogP contribution in [0.1, 0.15) is 17.3 Å². The zero-order valence-electron chi connectivity index (χ0n) is 10.8. The molecule has 1 N–H and O–H groups in total. The van der Waals surface area contributed by atoms with Crippen LogP contribution in [0, 0.1) is 0 Å². The lowest BCUT2D eigenvalue weighted by Gasteiger charge is -2.27. The number of carbonyl (C=O) groups excluding carboxylic acids is 1. The second-order valence-electron chi connectivity index (χ2n) is 4.25. The highest BCUT2D eigenvalue weighted by molar-refractivity contribution is 9.10. The van der Waals surface area contributed by atoms with E-state index < -0.39 is 5.60 Å². The third-order valence-corrected chi connectivity index (χ3v) is 3.38. The predicted octanol–water partition coefficient (Wildman–Crippen LogP) is 2.23. The number of hydrogen-bond donors (Lipinski definition) is 1. The van der Waals surface area contributed by atoms with Crippen molar-refractivity contribution in [3.05, 3.63) is 34.3 Å². The summed E-state index contributed by atoms with van der Waals surface area (Å²) in [6.45, 7) is 2.69. The molecule has 1 amide bonds. The molecule has 1 atom stereocenters. The van der Waals surface area contributed by atoms with Gasteiger partial charge in [0.05, 0.1) is 12.2 Å². The van der Waals surface area contributed by atoms with Crippen LogP contribution in [0.4, 0.5) is 0 Å². The zero-order chi connectivity index (χ0) is 13.6. The summed E-state index contributed by atoms with van der Waals surface area (Å²) >= 11 is 3.35. The van der Waals surface area contributed by atoms with Crippen LogP contribution in [0.3, 0.4) is 0 Å². The molecular weight excluding hydrogens is 298 g/mol. The van der Waals surface area contributed by atoms with Gasteiger partial charge < -0.3 is 14.8 Å². The second kappa shape index (κ2) is 6.87. The summed E-state index contributed by atoms with van der Waals surface area (Å²) in [7, 11) is 3.20. The molecule has 1 aromatic carbocycles. The first-order chi connectivity index (χ1) is 8.52. The number of ether oxygens (including phenoxy) is 2. The van der Waals surface area contributed by atoms with Crippen LogP contribution >= 0.6 is 15.9 Å². The summed E-state index contributed by atoms with van der Waals surface area (Å²) in [6, 6.07) is 7.29. The third kappa shape index (κ3) is 4.08. The molecule has 0 radical (unpaired) electrons. The summed E-state index contributed by atoms with van der Waals surface area (Å²) in [5.41, 5.74) is 0.0828. The highest BCUT2D eigenvalue weighted by Gasteiger charge is 2.24. The number of methoxy groups -OCH3 is 2.